The van der Waals surface area contributed by atoms with E-state index in [1.165, 1.54) is 11.0 Å². The van der Waals surface area contributed by atoms with Gasteiger partial charge < -0.3 is 10.1 Å². The summed E-state index contributed by atoms with van der Waals surface area (Å²) in [6.07, 6.45) is 2.46. The van der Waals surface area contributed by atoms with Gasteiger partial charge in [-0.3, -0.25) is 0 Å². The van der Waals surface area contributed by atoms with Crippen molar-refractivity contribution in [2.75, 3.05) is 13.2 Å². The highest BCUT2D eigenvalue weighted by molar-refractivity contribution is 7.18. The summed E-state index contributed by atoms with van der Waals surface area (Å²) in [5.74, 6) is 0. The van der Waals surface area contributed by atoms with Gasteiger partial charge in [-0.05, 0) is 32.0 Å². The lowest BCUT2D eigenvalue weighted by atomic mass is 10.3. The molecule has 3 nitrogen and oxygen atoms in total. The summed E-state index contributed by atoms with van der Waals surface area (Å²) in [6, 6.07) is 8.53. The zero-order valence-corrected chi connectivity index (χ0v) is 11.4. The Balaban J connectivity index is 1.88. The van der Waals surface area contributed by atoms with E-state index < -0.39 is 0 Å². The molecule has 0 amide bonds. The molecular formula is C14H18N2OS. The highest BCUT2D eigenvalue weighted by Gasteiger charge is 2.10. The van der Waals surface area contributed by atoms with Gasteiger partial charge in [-0.1, -0.05) is 18.7 Å². The van der Waals surface area contributed by atoms with Crippen LogP contribution >= 0.6 is 11.3 Å². The molecule has 0 aliphatic heterocycles. The molecule has 0 saturated heterocycles. The predicted octanol–water partition coefficient (Wildman–Crippen LogP) is 3.50. The Morgan fingerprint density at radius 2 is 2.33 bits per heavy atom. The summed E-state index contributed by atoms with van der Waals surface area (Å²) in [7, 11) is 0. The SMILES string of the molecule is C=COCCCNC(C)c1nc2ccccc2s1. The van der Waals surface area contributed by atoms with Gasteiger partial charge in [-0.2, -0.15) is 0 Å². The molecule has 2 rings (SSSR count). The van der Waals surface area contributed by atoms with Gasteiger partial charge in [0.1, 0.15) is 5.01 Å². The number of hydrogen-bond donors (Lipinski definition) is 1. The van der Waals surface area contributed by atoms with Crippen molar-refractivity contribution in [3.8, 4) is 0 Å². The lowest BCUT2D eigenvalue weighted by Crippen LogP contribution is -2.20. The lowest BCUT2D eigenvalue weighted by molar-refractivity contribution is 0.243. The first-order chi connectivity index (χ1) is 8.81. The van der Waals surface area contributed by atoms with Crippen molar-refractivity contribution in [3.05, 3.63) is 42.1 Å². The van der Waals surface area contributed by atoms with E-state index >= 15 is 0 Å². The molecule has 1 N–H and O–H groups in total. The maximum absolute atomic E-state index is 5.08. The zero-order chi connectivity index (χ0) is 12.8. The number of thiazole rings is 1. The minimum atomic E-state index is 0.283. The number of aromatic nitrogens is 1. The van der Waals surface area contributed by atoms with Crippen molar-refractivity contribution < 1.29 is 4.74 Å². The van der Waals surface area contributed by atoms with E-state index in [0.717, 1.165) is 23.5 Å². The zero-order valence-electron chi connectivity index (χ0n) is 10.6. The van der Waals surface area contributed by atoms with Crippen molar-refractivity contribution >= 4 is 21.6 Å². The molecule has 1 aromatic carbocycles. The molecule has 0 aliphatic rings. The first-order valence-electron chi connectivity index (χ1n) is 6.12. The molecule has 18 heavy (non-hydrogen) atoms. The summed E-state index contributed by atoms with van der Waals surface area (Å²) in [4.78, 5) is 4.64. The first-order valence-corrected chi connectivity index (χ1v) is 6.94. The second kappa shape index (κ2) is 6.52. The smallest absolute Gasteiger partial charge is 0.111 e. The van der Waals surface area contributed by atoms with Crippen LogP contribution in [0, 0.1) is 0 Å². The molecular weight excluding hydrogens is 244 g/mol. The summed E-state index contributed by atoms with van der Waals surface area (Å²) in [6.45, 7) is 7.29. The monoisotopic (exact) mass is 262 g/mol. The van der Waals surface area contributed by atoms with Gasteiger partial charge in [0.25, 0.3) is 0 Å². The van der Waals surface area contributed by atoms with E-state index in [-0.39, 0.29) is 6.04 Å². The Morgan fingerprint density at radius 1 is 1.50 bits per heavy atom. The maximum Gasteiger partial charge on any atom is 0.111 e. The highest BCUT2D eigenvalue weighted by atomic mass is 32.1. The van der Waals surface area contributed by atoms with Crippen molar-refractivity contribution in [3.63, 3.8) is 0 Å². The fraction of sp³-hybridized carbons (Fsp3) is 0.357. The molecule has 0 bridgehead atoms. The number of hydrogen-bond acceptors (Lipinski definition) is 4. The quantitative estimate of drug-likeness (QED) is 0.612. The van der Waals surface area contributed by atoms with Crippen LogP contribution in [0.1, 0.15) is 24.4 Å². The molecule has 0 aliphatic carbocycles. The Morgan fingerprint density at radius 3 is 3.11 bits per heavy atom. The summed E-state index contributed by atoms with van der Waals surface area (Å²) in [5.41, 5.74) is 1.08. The molecule has 2 aromatic rings. The van der Waals surface area contributed by atoms with Crippen LogP contribution in [0.15, 0.2) is 37.1 Å². The van der Waals surface area contributed by atoms with E-state index in [4.69, 9.17) is 4.74 Å². The maximum atomic E-state index is 5.08. The second-order valence-corrected chi connectivity index (χ2v) is 5.15. The summed E-state index contributed by atoms with van der Waals surface area (Å²) >= 11 is 1.75. The van der Waals surface area contributed by atoms with Gasteiger partial charge in [0, 0.05) is 0 Å². The number of benzene rings is 1. The molecule has 1 heterocycles. The Bertz CT molecular complexity index is 476. The fourth-order valence-electron chi connectivity index (χ4n) is 1.72. The molecule has 0 radical (unpaired) electrons. The van der Waals surface area contributed by atoms with Gasteiger partial charge in [0.2, 0.25) is 0 Å². The van der Waals surface area contributed by atoms with Crippen LogP contribution in [0.4, 0.5) is 0 Å². The van der Waals surface area contributed by atoms with E-state index in [1.54, 1.807) is 11.3 Å². The van der Waals surface area contributed by atoms with E-state index in [1.807, 2.05) is 6.07 Å². The fourth-order valence-corrected chi connectivity index (χ4v) is 2.71. The number of nitrogens with one attached hydrogen (secondary N) is 1. The van der Waals surface area contributed by atoms with Gasteiger partial charge >= 0.3 is 0 Å². The van der Waals surface area contributed by atoms with E-state index in [9.17, 15) is 0 Å². The van der Waals surface area contributed by atoms with E-state index in [0.29, 0.717) is 6.61 Å². The van der Waals surface area contributed by atoms with Gasteiger partial charge in [0.05, 0.1) is 29.1 Å². The van der Waals surface area contributed by atoms with Gasteiger partial charge in [-0.25, -0.2) is 4.98 Å². The second-order valence-electron chi connectivity index (χ2n) is 4.09. The summed E-state index contributed by atoms with van der Waals surface area (Å²) in [5, 5.41) is 4.59. The van der Waals surface area contributed by atoms with Crippen LogP contribution in [-0.4, -0.2) is 18.1 Å². The molecule has 96 valence electrons. The number of ether oxygens (including phenoxy) is 1. The van der Waals surface area contributed by atoms with Gasteiger partial charge in [-0.15, -0.1) is 11.3 Å². The standard InChI is InChI=1S/C14H18N2OS/c1-3-17-10-6-9-15-11(2)14-16-12-7-4-5-8-13(12)18-14/h3-5,7-8,11,15H,1,6,9-10H2,2H3. The van der Waals surface area contributed by atoms with Crippen LogP contribution in [0.5, 0.6) is 0 Å². The molecule has 1 unspecified atom stereocenters. The number of para-hydroxylation sites is 1. The minimum absolute atomic E-state index is 0.283. The van der Waals surface area contributed by atoms with Gasteiger partial charge in [0.15, 0.2) is 0 Å². The van der Waals surface area contributed by atoms with Crippen LogP contribution in [0.3, 0.4) is 0 Å². The summed E-state index contributed by atoms with van der Waals surface area (Å²) < 4.78 is 6.33. The van der Waals surface area contributed by atoms with Crippen molar-refractivity contribution in [2.24, 2.45) is 0 Å². The van der Waals surface area contributed by atoms with Crippen LogP contribution in [0.2, 0.25) is 0 Å². The highest BCUT2D eigenvalue weighted by Crippen LogP contribution is 2.25. The first kappa shape index (κ1) is 13.1. The number of nitrogens with zero attached hydrogens (tertiary/aromatic N) is 1. The molecule has 0 saturated carbocycles. The third kappa shape index (κ3) is 3.31. The predicted molar refractivity (Wildman–Crippen MR) is 76.8 cm³/mol. The minimum Gasteiger partial charge on any atom is -0.502 e. The van der Waals surface area contributed by atoms with Crippen LogP contribution < -0.4 is 5.32 Å². The molecule has 1 atom stereocenters. The third-order valence-electron chi connectivity index (χ3n) is 2.69. The Labute approximate surface area is 112 Å². The molecule has 4 heteroatoms. The molecule has 0 fully saturated rings. The van der Waals surface area contributed by atoms with Crippen LogP contribution in [0.25, 0.3) is 10.2 Å². The topological polar surface area (TPSA) is 34.1 Å². The third-order valence-corrected chi connectivity index (χ3v) is 3.91. The van der Waals surface area contributed by atoms with Crippen molar-refractivity contribution in [1.82, 2.24) is 10.3 Å². The van der Waals surface area contributed by atoms with Crippen LogP contribution in [-0.2, 0) is 4.74 Å². The van der Waals surface area contributed by atoms with E-state index in [2.05, 4.69) is 42.0 Å². The van der Waals surface area contributed by atoms with Crippen molar-refractivity contribution in [1.29, 1.82) is 0 Å². The average Bonchev–Trinajstić information content (AvgIpc) is 2.82. The lowest BCUT2D eigenvalue weighted by Gasteiger charge is -2.10. The van der Waals surface area contributed by atoms with Crippen molar-refractivity contribution in [2.45, 2.75) is 19.4 Å². The molecule has 1 aromatic heterocycles. The normalized spacial score (nSPS) is 12.5. The number of rotatable bonds is 7. The number of fused-ring (bicyclic) bond motifs is 1. The Kier molecular flexibility index (Phi) is 4.73. The Hall–Kier alpha value is -1.39. The molecule has 0 spiro atoms. The largest absolute Gasteiger partial charge is 0.502 e. The average molecular weight is 262 g/mol.